The van der Waals surface area contributed by atoms with Gasteiger partial charge >= 0.3 is 0 Å². The molecule has 0 saturated carbocycles. The average molecular weight is 298 g/mol. The molecule has 0 radical (unpaired) electrons. The highest BCUT2D eigenvalue weighted by Gasteiger charge is 2.14. The van der Waals surface area contributed by atoms with Gasteiger partial charge in [0.15, 0.2) is 0 Å². The lowest BCUT2D eigenvalue weighted by Crippen LogP contribution is -2.20. The fraction of sp³-hybridized carbons (Fsp3) is 0.353. The molecule has 2 aromatic rings. The minimum Gasteiger partial charge on any atom is -0.387 e. The molecule has 1 aromatic carbocycles. The van der Waals surface area contributed by atoms with Gasteiger partial charge in [0, 0.05) is 22.8 Å². The van der Waals surface area contributed by atoms with Crippen LogP contribution in [0.25, 0.3) is 0 Å². The number of rotatable bonds is 5. The second-order valence-electron chi connectivity index (χ2n) is 5.40. The van der Waals surface area contributed by atoms with E-state index in [2.05, 4.69) is 17.5 Å². The van der Waals surface area contributed by atoms with Crippen LogP contribution in [-0.2, 0) is 19.4 Å². The lowest BCUT2D eigenvalue weighted by atomic mass is 10.1. The van der Waals surface area contributed by atoms with Crippen LogP contribution in [0.2, 0.25) is 0 Å². The molecule has 0 bridgehead atoms. The Hall–Kier alpha value is -1.67. The second kappa shape index (κ2) is 6.40. The molecule has 3 rings (SSSR count). The topological polar surface area (TPSA) is 56.0 Å². The van der Waals surface area contributed by atoms with Crippen LogP contribution < -0.4 is 5.32 Å². The van der Waals surface area contributed by atoms with Gasteiger partial charge in [0.2, 0.25) is 0 Å². The van der Waals surface area contributed by atoms with Crippen molar-refractivity contribution < 1.29 is 5.11 Å². The Labute approximate surface area is 128 Å². The van der Waals surface area contributed by atoms with E-state index < -0.39 is 6.10 Å². The summed E-state index contributed by atoms with van der Waals surface area (Å²) in [5.41, 5.74) is 2.98. The van der Waals surface area contributed by atoms with Gasteiger partial charge in [-0.3, -0.25) is 0 Å². The third kappa shape index (κ3) is 3.33. The van der Waals surface area contributed by atoms with E-state index in [1.165, 1.54) is 29.7 Å². The molecular weight excluding hydrogens is 280 g/mol. The van der Waals surface area contributed by atoms with E-state index in [1.54, 1.807) is 17.0 Å². The van der Waals surface area contributed by atoms with Crippen molar-refractivity contribution >= 4 is 11.3 Å². The maximum Gasteiger partial charge on any atom is 0.0991 e. The first-order valence-electron chi connectivity index (χ1n) is 7.25. The maximum absolute atomic E-state index is 10.1. The molecule has 1 atom stereocenters. The number of nitriles is 1. The van der Waals surface area contributed by atoms with E-state index >= 15 is 0 Å². The molecule has 21 heavy (non-hydrogen) atoms. The Bertz CT molecular complexity index is 633. The first kappa shape index (κ1) is 14.3. The van der Waals surface area contributed by atoms with Crippen LogP contribution >= 0.6 is 11.3 Å². The van der Waals surface area contributed by atoms with Crippen molar-refractivity contribution in [2.45, 2.75) is 31.9 Å². The number of hydrogen-bond acceptors (Lipinski definition) is 4. The molecular formula is C17H18N2OS. The molecule has 0 amide bonds. The van der Waals surface area contributed by atoms with Gasteiger partial charge in [0.25, 0.3) is 0 Å². The summed E-state index contributed by atoms with van der Waals surface area (Å²) in [6.07, 6.45) is 3.21. The van der Waals surface area contributed by atoms with Gasteiger partial charge in [0.1, 0.15) is 0 Å². The number of aliphatic hydroxyl groups is 1. The van der Waals surface area contributed by atoms with Crippen molar-refractivity contribution in [2.24, 2.45) is 0 Å². The molecule has 3 nitrogen and oxygen atoms in total. The lowest BCUT2D eigenvalue weighted by molar-refractivity contribution is 0.174. The zero-order chi connectivity index (χ0) is 14.7. The summed E-state index contributed by atoms with van der Waals surface area (Å²) in [6, 6.07) is 11.5. The average Bonchev–Trinajstić information content (AvgIpc) is 3.08. The number of nitrogens with zero attached hydrogens (tertiary/aromatic N) is 1. The highest BCUT2D eigenvalue weighted by atomic mass is 32.1. The summed E-state index contributed by atoms with van der Waals surface area (Å²) < 4.78 is 0. The van der Waals surface area contributed by atoms with E-state index in [0.717, 1.165) is 12.1 Å². The number of thiophene rings is 1. The van der Waals surface area contributed by atoms with Crippen molar-refractivity contribution in [1.82, 2.24) is 5.32 Å². The van der Waals surface area contributed by atoms with Crippen molar-refractivity contribution in [3.63, 3.8) is 0 Å². The molecule has 2 N–H and O–H groups in total. The first-order chi connectivity index (χ1) is 10.3. The third-order valence-electron chi connectivity index (χ3n) is 3.86. The molecule has 108 valence electrons. The number of aliphatic hydroxyl groups excluding tert-OH is 1. The molecule has 1 aromatic heterocycles. The van der Waals surface area contributed by atoms with Gasteiger partial charge in [-0.05, 0) is 48.6 Å². The van der Waals surface area contributed by atoms with Crippen LogP contribution in [0.15, 0.2) is 30.3 Å². The second-order valence-corrected chi connectivity index (χ2v) is 6.62. The van der Waals surface area contributed by atoms with Gasteiger partial charge in [-0.2, -0.15) is 5.26 Å². The lowest BCUT2D eigenvalue weighted by Gasteiger charge is -2.11. The number of nitrogens with one attached hydrogen (secondary N) is 1. The Morgan fingerprint density at radius 3 is 2.81 bits per heavy atom. The number of aryl methyl sites for hydroxylation is 2. The summed E-state index contributed by atoms with van der Waals surface area (Å²) in [5, 5.41) is 22.2. The SMILES string of the molecule is N#Cc1ccc(C(O)CNCc2cc3c(s2)CCC3)cc1. The quantitative estimate of drug-likeness (QED) is 0.892. The zero-order valence-corrected chi connectivity index (χ0v) is 12.6. The Morgan fingerprint density at radius 2 is 2.10 bits per heavy atom. The molecule has 0 fully saturated rings. The van der Waals surface area contributed by atoms with Crippen LogP contribution in [-0.4, -0.2) is 11.7 Å². The van der Waals surface area contributed by atoms with Crippen LogP contribution in [0, 0.1) is 11.3 Å². The number of hydrogen-bond donors (Lipinski definition) is 2. The first-order valence-corrected chi connectivity index (χ1v) is 8.07. The van der Waals surface area contributed by atoms with Gasteiger partial charge in [0.05, 0.1) is 17.7 Å². The van der Waals surface area contributed by atoms with Gasteiger partial charge in [-0.15, -0.1) is 11.3 Å². The van der Waals surface area contributed by atoms with E-state index in [0.29, 0.717) is 12.1 Å². The largest absolute Gasteiger partial charge is 0.387 e. The Kier molecular flexibility index (Phi) is 4.35. The van der Waals surface area contributed by atoms with Crippen LogP contribution in [0.4, 0.5) is 0 Å². The monoisotopic (exact) mass is 298 g/mol. The van der Waals surface area contributed by atoms with E-state index in [4.69, 9.17) is 5.26 Å². The predicted molar refractivity (Wildman–Crippen MR) is 84.2 cm³/mol. The molecule has 1 aliphatic rings. The molecule has 1 unspecified atom stereocenters. The summed E-state index contributed by atoms with van der Waals surface area (Å²) in [5.74, 6) is 0. The third-order valence-corrected chi connectivity index (χ3v) is 5.10. The van der Waals surface area contributed by atoms with Crippen molar-refractivity contribution in [1.29, 1.82) is 5.26 Å². The fourth-order valence-corrected chi connectivity index (χ4v) is 3.94. The van der Waals surface area contributed by atoms with Gasteiger partial charge in [-0.25, -0.2) is 0 Å². The summed E-state index contributed by atoms with van der Waals surface area (Å²) in [6.45, 7) is 1.33. The highest BCUT2D eigenvalue weighted by molar-refractivity contribution is 7.12. The zero-order valence-electron chi connectivity index (χ0n) is 11.8. The van der Waals surface area contributed by atoms with Crippen molar-refractivity contribution in [3.8, 4) is 6.07 Å². The van der Waals surface area contributed by atoms with Crippen LogP contribution in [0.3, 0.4) is 0 Å². The Morgan fingerprint density at radius 1 is 1.29 bits per heavy atom. The summed E-state index contributed by atoms with van der Waals surface area (Å²) >= 11 is 1.89. The smallest absolute Gasteiger partial charge is 0.0991 e. The van der Waals surface area contributed by atoms with Crippen molar-refractivity contribution in [2.75, 3.05) is 6.54 Å². The summed E-state index contributed by atoms with van der Waals surface area (Å²) in [4.78, 5) is 2.89. The molecule has 0 saturated heterocycles. The summed E-state index contributed by atoms with van der Waals surface area (Å²) in [7, 11) is 0. The molecule has 0 spiro atoms. The molecule has 1 heterocycles. The minimum atomic E-state index is -0.537. The number of benzene rings is 1. The maximum atomic E-state index is 10.1. The number of fused-ring (bicyclic) bond motifs is 1. The van der Waals surface area contributed by atoms with E-state index in [1.807, 2.05) is 23.5 Å². The molecule has 1 aliphatic carbocycles. The molecule has 0 aliphatic heterocycles. The van der Waals surface area contributed by atoms with E-state index in [9.17, 15) is 5.11 Å². The van der Waals surface area contributed by atoms with Crippen LogP contribution in [0.5, 0.6) is 0 Å². The van der Waals surface area contributed by atoms with Crippen molar-refractivity contribution in [3.05, 3.63) is 56.8 Å². The Balaban J connectivity index is 1.51. The standard InChI is InChI=1S/C17H18N2OS/c18-9-12-4-6-13(7-5-12)16(20)11-19-10-15-8-14-2-1-3-17(14)21-15/h4-8,16,19-20H,1-3,10-11H2. The predicted octanol–water partition coefficient (Wildman–Crippen LogP) is 2.93. The highest BCUT2D eigenvalue weighted by Crippen LogP contribution is 2.30. The van der Waals surface area contributed by atoms with Gasteiger partial charge < -0.3 is 10.4 Å². The van der Waals surface area contributed by atoms with Gasteiger partial charge in [-0.1, -0.05) is 12.1 Å². The van der Waals surface area contributed by atoms with E-state index in [-0.39, 0.29) is 0 Å². The van der Waals surface area contributed by atoms with Crippen LogP contribution in [0.1, 0.15) is 39.0 Å². The fourth-order valence-electron chi connectivity index (χ4n) is 2.71. The molecule has 4 heteroatoms. The minimum absolute atomic E-state index is 0.522. The normalized spacial score (nSPS) is 14.7.